The van der Waals surface area contributed by atoms with Gasteiger partial charge in [0, 0.05) is 19.5 Å². The summed E-state index contributed by atoms with van der Waals surface area (Å²) in [5.74, 6) is 0.101. The van der Waals surface area contributed by atoms with Crippen molar-refractivity contribution in [2.75, 3.05) is 13.1 Å². The Labute approximate surface area is 97.5 Å². The summed E-state index contributed by atoms with van der Waals surface area (Å²) in [5, 5.41) is 0. The van der Waals surface area contributed by atoms with Crippen molar-refractivity contribution in [2.45, 2.75) is 39.5 Å². The van der Waals surface area contributed by atoms with Crippen molar-refractivity contribution in [3.05, 3.63) is 12.7 Å². The molecule has 1 fully saturated rings. The maximum atomic E-state index is 12.4. The Kier molecular flexibility index (Phi) is 4.27. The van der Waals surface area contributed by atoms with E-state index in [-0.39, 0.29) is 11.7 Å². The van der Waals surface area contributed by atoms with Gasteiger partial charge in [-0.15, -0.1) is 6.58 Å². The minimum absolute atomic E-state index is 0.0000926. The summed E-state index contributed by atoms with van der Waals surface area (Å²) in [7, 11) is 0. The van der Waals surface area contributed by atoms with E-state index >= 15 is 0 Å². The van der Waals surface area contributed by atoms with Gasteiger partial charge in [0.15, 0.2) is 0 Å². The molecule has 0 radical (unpaired) electrons. The van der Waals surface area contributed by atoms with E-state index in [0.29, 0.717) is 32.4 Å². The van der Waals surface area contributed by atoms with Gasteiger partial charge in [-0.3, -0.25) is 9.59 Å². The smallest absolute Gasteiger partial charge is 0.236 e. The molecule has 3 nitrogen and oxygen atoms in total. The van der Waals surface area contributed by atoms with Crippen molar-refractivity contribution in [3.8, 4) is 0 Å². The molecule has 0 aromatic rings. The number of Topliss-reactive ketones (excluding diaryl/α,β-unsaturated/α-hetero) is 1. The molecule has 1 aliphatic rings. The van der Waals surface area contributed by atoms with Crippen molar-refractivity contribution in [1.29, 1.82) is 0 Å². The first-order valence-corrected chi connectivity index (χ1v) is 6.06. The van der Waals surface area contributed by atoms with E-state index in [4.69, 9.17) is 0 Å². The molecule has 1 aliphatic carbocycles. The number of rotatable bonds is 5. The fourth-order valence-corrected chi connectivity index (χ4v) is 2.52. The van der Waals surface area contributed by atoms with Gasteiger partial charge >= 0.3 is 0 Å². The SMILES string of the molecule is C=CCC1(C(=O)N(CC)CC)CCCC1=O. The highest BCUT2D eigenvalue weighted by Crippen LogP contribution is 2.40. The summed E-state index contributed by atoms with van der Waals surface area (Å²) in [6.45, 7) is 8.90. The number of hydrogen-bond donors (Lipinski definition) is 0. The third-order valence-electron chi connectivity index (χ3n) is 3.49. The van der Waals surface area contributed by atoms with Gasteiger partial charge in [0.25, 0.3) is 0 Å². The van der Waals surface area contributed by atoms with Gasteiger partial charge in [0.05, 0.1) is 0 Å². The number of hydrogen-bond acceptors (Lipinski definition) is 2. The lowest BCUT2D eigenvalue weighted by atomic mass is 9.80. The van der Waals surface area contributed by atoms with E-state index in [1.807, 2.05) is 13.8 Å². The van der Waals surface area contributed by atoms with Gasteiger partial charge in [-0.1, -0.05) is 6.08 Å². The van der Waals surface area contributed by atoms with Crippen LogP contribution in [0.4, 0.5) is 0 Å². The molecule has 3 heteroatoms. The Balaban J connectivity index is 2.97. The lowest BCUT2D eigenvalue weighted by Crippen LogP contribution is -2.46. The normalized spacial score (nSPS) is 24.5. The summed E-state index contributed by atoms with van der Waals surface area (Å²) in [6.07, 6.45) is 4.25. The van der Waals surface area contributed by atoms with Gasteiger partial charge in [-0.25, -0.2) is 0 Å². The highest BCUT2D eigenvalue weighted by molar-refractivity contribution is 6.07. The minimum atomic E-state index is -0.784. The molecule has 0 aliphatic heterocycles. The zero-order valence-electron chi connectivity index (χ0n) is 10.3. The van der Waals surface area contributed by atoms with E-state index in [9.17, 15) is 9.59 Å². The highest BCUT2D eigenvalue weighted by Gasteiger charge is 2.48. The van der Waals surface area contributed by atoms with Crippen LogP contribution in [0.2, 0.25) is 0 Å². The molecule has 0 bridgehead atoms. The lowest BCUT2D eigenvalue weighted by Gasteiger charge is -2.31. The zero-order chi connectivity index (χ0) is 12.2. The second kappa shape index (κ2) is 5.28. The molecule has 90 valence electrons. The Morgan fingerprint density at radius 1 is 1.50 bits per heavy atom. The van der Waals surface area contributed by atoms with E-state index in [2.05, 4.69) is 6.58 Å². The number of ketones is 1. The largest absolute Gasteiger partial charge is 0.342 e. The van der Waals surface area contributed by atoms with E-state index < -0.39 is 5.41 Å². The van der Waals surface area contributed by atoms with Crippen LogP contribution in [0.5, 0.6) is 0 Å². The fraction of sp³-hybridized carbons (Fsp3) is 0.692. The fourth-order valence-electron chi connectivity index (χ4n) is 2.52. The number of carbonyl (C=O) groups is 2. The Bertz CT molecular complexity index is 294. The lowest BCUT2D eigenvalue weighted by molar-refractivity contribution is -0.147. The van der Waals surface area contributed by atoms with Gasteiger partial charge < -0.3 is 4.90 Å². The molecule has 0 spiro atoms. The molecule has 1 atom stereocenters. The summed E-state index contributed by atoms with van der Waals surface area (Å²) in [4.78, 5) is 26.1. The van der Waals surface area contributed by atoms with Crippen molar-refractivity contribution in [1.82, 2.24) is 4.90 Å². The Hall–Kier alpha value is -1.12. The van der Waals surface area contributed by atoms with Crippen LogP contribution in [0.3, 0.4) is 0 Å². The zero-order valence-corrected chi connectivity index (χ0v) is 10.3. The van der Waals surface area contributed by atoms with Crippen molar-refractivity contribution in [3.63, 3.8) is 0 Å². The summed E-state index contributed by atoms with van der Waals surface area (Å²) < 4.78 is 0. The average Bonchev–Trinajstić information content (AvgIpc) is 2.63. The molecule has 16 heavy (non-hydrogen) atoms. The van der Waals surface area contributed by atoms with Crippen LogP contribution < -0.4 is 0 Å². The molecule has 1 amide bonds. The van der Waals surface area contributed by atoms with Crippen molar-refractivity contribution >= 4 is 11.7 Å². The van der Waals surface area contributed by atoms with Gasteiger partial charge in [-0.2, -0.15) is 0 Å². The summed E-state index contributed by atoms with van der Waals surface area (Å²) in [5.41, 5.74) is -0.784. The number of amides is 1. The molecule has 1 unspecified atom stereocenters. The number of carbonyl (C=O) groups excluding carboxylic acids is 2. The molecule has 0 aromatic heterocycles. The second-order valence-electron chi connectivity index (χ2n) is 4.33. The molecule has 0 aromatic carbocycles. The molecular formula is C13H21NO2. The molecule has 0 saturated heterocycles. The Morgan fingerprint density at radius 2 is 2.12 bits per heavy atom. The van der Waals surface area contributed by atoms with E-state index in [0.717, 1.165) is 6.42 Å². The standard InChI is InChI=1S/C13H21NO2/c1-4-9-13(10-7-8-11(13)15)12(16)14(5-2)6-3/h4H,1,5-10H2,2-3H3. The minimum Gasteiger partial charge on any atom is -0.342 e. The average molecular weight is 223 g/mol. The monoisotopic (exact) mass is 223 g/mol. The number of nitrogens with zero attached hydrogens (tertiary/aromatic N) is 1. The first-order valence-electron chi connectivity index (χ1n) is 6.06. The van der Waals surface area contributed by atoms with Crippen LogP contribution in [0, 0.1) is 5.41 Å². The van der Waals surface area contributed by atoms with Crippen LogP contribution in [0.1, 0.15) is 39.5 Å². The molecular weight excluding hydrogens is 202 g/mol. The molecule has 1 rings (SSSR count). The van der Waals surface area contributed by atoms with Crippen LogP contribution >= 0.6 is 0 Å². The first-order chi connectivity index (χ1) is 7.62. The van der Waals surface area contributed by atoms with Crippen LogP contribution in [0.15, 0.2) is 12.7 Å². The predicted molar refractivity (Wildman–Crippen MR) is 64.0 cm³/mol. The third-order valence-corrected chi connectivity index (χ3v) is 3.49. The van der Waals surface area contributed by atoms with Gasteiger partial charge in [0.2, 0.25) is 5.91 Å². The highest BCUT2D eigenvalue weighted by atomic mass is 16.2. The maximum Gasteiger partial charge on any atom is 0.236 e. The molecule has 1 saturated carbocycles. The van der Waals surface area contributed by atoms with Crippen LogP contribution in [-0.2, 0) is 9.59 Å². The summed E-state index contributed by atoms with van der Waals surface area (Å²) in [6, 6.07) is 0. The maximum absolute atomic E-state index is 12.4. The van der Waals surface area contributed by atoms with Gasteiger partial charge in [-0.05, 0) is 33.1 Å². The van der Waals surface area contributed by atoms with E-state index in [1.165, 1.54) is 0 Å². The van der Waals surface area contributed by atoms with Crippen molar-refractivity contribution < 1.29 is 9.59 Å². The number of allylic oxidation sites excluding steroid dienone is 1. The quantitative estimate of drug-likeness (QED) is 0.529. The summed E-state index contributed by atoms with van der Waals surface area (Å²) >= 11 is 0. The van der Waals surface area contributed by atoms with E-state index in [1.54, 1.807) is 11.0 Å². The molecule has 0 heterocycles. The van der Waals surface area contributed by atoms with Crippen LogP contribution in [0.25, 0.3) is 0 Å². The Morgan fingerprint density at radius 3 is 2.50 bits per heavy atom. The van der Waals surface area contributed by atoms with Gasteiger partial charge in [0.1, 0.15) is 11.2 Å². The predicted octanol–water partition coefficient (Wildman–Crippen LogP) is 2.17. The van der Waals surface area contributed by atoms with Crippen LogP contribution in [-0.4, -0.2) is 29.7 Å². The second-order valence-corrected chi connectivity index (χ2v) is 4.33. The molecule has 0 N–H and O–H groups in total. The van der Waals surface area contributed by atoms with Crippen molar-refractivity contribution in [2.24, 2.45) is 5.41 Å². The topological polar surface area (TPSA) is 37.4 Å². The third kappa shape index (κ3) is 2.04. The first kappa shape index (κ1) is 12.9.